The summed E-state index contributed by atoms with van der Waals surface area (Å²) in [4.78, 5) is 0. The molecule has 0 aliphatic carbocycles. The van der Waals surface area contributed by atoms with Gasteiger partial charge in [0.25, 0.3) is 0 Å². The highest BCUT2D eigenvalue weighted by atomic mass is 19.2. The van der Waals surface area contributed by atoms with Crippen molar-refractivity contribution in [2.24, 2.45) is 5.92 Å². The minimum Gasteiger partial charge on any atom is -0.487 e. The van der Waals surface area contributed by atoms with Gasteiger partial charge in [-0.05, 0) is 25.0 Å². The number of hydrogen-bond donors (Lipinski definition) is 0. The van der Waals surface area contributed by atoms with Gasteiger partial charge >= 0.3 is 0 Å². The first-order valence-electron chi connectivity index (χ1n) is 12.5. The molecule has 3 rings (SSSR count). The zero-order valence-corrected chi connectivity index (χ0v) is 20.9. The number of unbranched alkanes of at least 4 members (excludes halogenated alkanes) is 4. The lowest BCUT2D eigenvalue weighted by molar-refractivity contribution is -0.206. The maximum Gasteiger partial charge on any atom is 0.205 e. The summed E-state index contributed by atoms with van der Waals surface area (Å²) in [5.41, 5.74) is -2.05. The van der Waals surface area contributed by atoms with Gasteiger partial charge in [0.05, 0.1) is 25.4 Å². The highest BCUT2D eigenvalue weighted by Gasteiger charge is 2.27. The number of benzene rings is 2. The van der Waals surface area contributed by atoms with Gasteiger partial charge in [0, 0.05) is 11.5 Å². The topological polar surface area (TPSA) is 27.7 Å². The van der Waals surface area contributed by atoms with E-state index in [1.807, 2.05) is 18.8 Å². The van der Waals surface area contributed by atoms with E-state index in [1.165, 1.54) is 0 Å². The first-order chi connectivity index (χ1) is 17.8. The van der Waals surface area contributed by atoms with Gasteiger partial charge in [-0.1, -0.05) is 57.8 Å². The van der Waals surface area contributed by atoms with Gasteiger partial charge in [-0.15, -0.1) is 0 Å². The first-order valence-corrected chi connectivity index (χ1v) is 12.5. The fourth-order valence-electron chi connectivity index (χ4n) is 3.93. The first kappa shape index (κ1) is 28.9. The van der Waals surface area contributed by atoms with E-state index in [4.69, 9.17) is 14.2 Å². The standard InChI is InChI=1S/C28H30F6O3/c1-3-5-7-9-17-15-36-28(37-16-17)18-13-21(29)19(22(30)14-18)10-11-20-23(31)25(33)27(26(34)24(20)32)35-12-8-6-4-2/h13-14,17,28H,3-9,12,15-16H2,1-2H3. The summed E-state index contributed by atoms with van der Waals surface area (Å²) in [6.45, 7) is 4.63. The van der Waals surface area contributed by atoms with E-state index in [-0.39, 0.29) is 18.1 Å². The van der Waals surface area contributed by atoms with Crippen molar-refractivity contribution in [1.29, 1.82) is 0 Å². The van der Waals surface area contributed by atoms with Gasteiger partial charge in [0.1, 0.15) is 17.2 Å². The zero-order valence-electron chi connectivity index (χ0n) is 20.9. The van der Waals surface area contributed by atoms with Gasteiger partial charge in [-0.2, -0.15) is 8.78 Å². The second-order valence-corrected chi connectivity index (χ2v) is 8.99. The zero-order chi connectivity index (χ0) is 26.9. The maximum absolute atomic E-state index is 14.7. The van der Waals surface area contributed by atoms with E-state index >= 15 is 0 Å². The summed E-state index contributed by atoms with van der Waals surface area (Å²) in [5.74, 6) is -6.69. The van der Waals surface area contributed by atoms with Crippen molar-refractivity contribution in [3.63, 3.8) is 0 Å². The van der Waals surface area contributed by atoms with Crippen LogP contribution in [0.5, 0.6) is 5.75 Å². The Bertz CT molecular complexity index is 1080. The Hall–Kier alpha value is -2.70. The molecular weight excluding hydrogens is 498 g/mol. The smallest absolute Gasteiger partial charge is 0.205 e. The van der Waals surface area contributed by atoms with Crippen LogP contribution in [-0.4, -0.2) is 19.8 Å². The van der Waals surface area contributed by atoms with Crippen molar-refractivity contribution in [3.8, 4) is 17.6 Å². The van der Waals surface area contributed by atoms with Crippen LogP contribution < -0.4 is 4.74 Å². The Morgan fingerprint density at radius 2 is 1.30 bits per heavy atom. The molecule has 1 heterocycles. The average molecular weight is 529 g/mol. The Balaban J connectivity index is 1.77. The normalized spacial score (nSPS) is 17.4. The molecule has 0 spiro atoms. The predicted molar refractivity (Wildman–Crippen MR) is 126 cm³/mol. The fraction of sp³-hybridized carbons (Fsp3) is 0.500. The highest BCUT2D eigenvalue weighted by Crippen LogP contribution is 2.31. The number of ether oxygens (including phenoxy) is 3. The Morgan fingerprint density at radius 3 is 1.86 bits per heavy atom. The van der Waals surface area contributed by atoms with E-state index in [0.717, 1.165) is 44.2 Å². The number of rotatable bonds is 10. The molecule has 1 saturated heterocycles. The van der Waals surface area contributed by atoms with Crippen molar-refractivity contribution >= 4 is 0 Å². The van der Waals surface area contributed by atoms with Crippen LogP contribution >= 0.6 is 0 Å². The molecule has 0 aromatic heterocycles. The lowest BCUT2D eigenvalue weighted by Crippen LogP contribution is -2.27. The Morgan fingerprint density at radius 1 is 0.757 bits per heavy atom. The number of hydrogen-bond acceptors (Lipinski definition) is 3. The molecule has 1 aliphatic rings. The molecule has 2 aromatic carbocycles. The third-order valence-electron chi connectivity index (χ3n) is 6.05. The lowest BCUT2D eigenvalue weighted by Gasteiger charge is -2.29. The molecule has 9 heteroatoms. The molecule has 0 bridgehead atoms. The third kappa shape index (κ3) is 7.20. The molecule has 37 heavy (non-hydrogen) atoms. The monoisotopic (exact) mass is 528 g/mol. The lowest BCUT2D eigenvalue weighted by atomic mass is 10.0. The predicted octanol–water partition coefficient (Wildman–Crippen LogP) is 7.73. The van der Waals surface area contributed by atoms with Gasteiger partial charge in [-0.3, -0.25) is 0 Å². The van der Waals surface area contributed by atoms with Gasteiger partial charge in [0.2, 0.25) is 11.6 Å². The van der Waals surface area contributed by atoms with Crippen molar-refractivity contribution in [2.45, 2.75) is 65.1 Å². The van der Waals surface area contributed by atoms with Gasteiger partial charge in [-0.25, -0.2) is 17.6 Å². The van der Waals surface area contributed by atoms with E-state index in [9.17, 15) is 26.3 Å². The summed E-state index contributed by atoms with van der Waals surface area (Å²) >= 11 is 0. The van der Waals surface area contributed by atoms with Crippen LogP contribution in [0, 0.1) is 52.7 Å². The number of halogens is 6. The van der Waals surface area contributed by atoms with E-state index in [2.05, 4.69) is 6.92 Å². The van der Waals surface area contributed by atoms with Crippen LogP contribution in [0.15, 0.2) is 12.1 Å². The van der Waals surface area contributed by atoms with Gasteiger partial charge in [0.15, 0.2) is 23.7 Å². The van der Waals surface area contributed by atoms with Crippen LogP contribution in [0.2, 0.25) is 0 Å². The summed E-state index contributed by atoms with van der Waals surface area (Å²) in [5, 5.41) is 0. The second kappa shape index (κ2) is 13.7. The van der Waals surface area contributed by atoms with Gasteiger partial charge < -0.3 is 14.2 Å². The van der Waals surface area contributed by atoms with Crippen LogP contribution in [0.4, 0.5) is 26.3 Å². The van der Waals surface area contributed by atoms with Crippen molar-refractivity contribution < 1.29 is 40.6 Å². The molecule has 0 amide bonds. The van der Waals surface area contributed by atoms with Crippen molar-refractivity contribution in [1.82, 2.24) is 0 Å². The molecule has 3 nitrogen and oxygen atoms in total. The minimum atomic E-state index is -1.81. The third-order valence-corrected chi connectivity index (χ3v) is 6.05. The highest BCUT2D eigenvalue weighted by molar-refractivity contribution is 5.48. The molecule has 1 fully saturated rings. The van der Waals surface area contributed by atoms with Crippen LogP contribution in [0.25, 0.3) is 0 Å². The molecular formula is C28H30F6O3. The summed E-state index contributed by atoms with van der Waals surface area (Å²) in [6, 6.07) is 1.88. The minimum absolute atomic E-state index is 0.0755. The summed E-state index contributed by atoms with van der Waals surface area (Å²) < 4.78 is 103. The molecule has 0 atom stereocenters. The summed E-state index contributed by atoms with van der Waals surface area (Å²) in [6.07, 6.45) is 5.13. The van der Waals surface area contributed by atoms with Crippen LogP contribution in [0.3, 0.4) is 0 Å². The summed E-state index contributed by atoms with van der Waals surface area (Å²) in [7, 11) is 0. The molecule has 1 aliphatic heterocycles. The average Bonchev–Trinajstić information content (AvgIpc) is 2.88. The molecule has 0 unspecified atom stereocenters. The van der Waals surface area contributed by atoms with E-state index in [0.29, 0.717) is 26.1 Å². The maximum atomic E-state index is 14.7. The largest absolute Gasteiger partial charge is 0.487 e. The molecule has 0 N–H and O–H groups in total. The second-order valence-electron chi connectivity index (χ2n) is 8.99. The van der Waals surface area contributed by atoms with E-state index < -0.39 is 58.1 Å². The van der Waals surface area contributed by atoms with Crippen molar-refractivity contribution in [3.05, 3.63) is 63.7 Å². The molecule has 0 radical (unpaired) electrons. The quantitative estimate of drug-likeness (QED) is 0.137. The molecule has 0 saturated carbocycles. The fourth-order valence-corrected chi connectivity index (χ4v) is 3.93. The Labute approximate surface area is 213 Å². The van der Waals surface area contributed by atoms with Crippen molar-refractivity contribution in [2.75, 3.05) is 19.8 Å². The Kier molecular flexibility index (Phi) is 10.7. The van der Waals surface area contributed by atoms with Crippen LogP contribution in [-0.2, 0) is 9.47 Å². The SMILES string of the molecule is CCCCCOc1c(F)c(F)c(C#Cc2c(F)cc(C3OCC(CCCCC)CO3)cc2F)c(F)c1F. The van der Waals surface area contributed by atoms with Crippen LogP contribution in [0.1, 0.15) is 81.8 Å². The molecule has 2 aromatic rings. The van der Waals surface area contributed by atoms with E-state index in [1.54, 1.807) is 0 Å². The molecule has 202 valence electrons.